The van der Waals surface area contributed by atoms with Crippen molar-refractivity contribution < 1.29 is 4.43 Å². The third-order valence-corrected chi connectivity index (χ3v) is 2.74. The quantitative estimate of drug-likeness (QED) is 0.531. The Morgan fingerprint density at radius 2 is 2.00 bits per heavy atom. The molecule has 8 heavy (non-hydrogen) atoms. The maximum atomic E-state index is 5.44. The van der Waals surface area contributed by atoms with Crippen LogP contribution in [0, 0.1) is 0 Å². The van der Waals surface area contributed by atoms with Crippen LogP contribution < -0.4 is 0 Å². The first-order valence-electron chi connectivity index (χ1n) is 3.26. The Labute approximate surface area is 53.8 Å². The average Bonchev–Trinajstić information content (AvgIpc) is 1.83. The molecule has 0 heterocycles. The zero-order chi connectivity index (χ0) is 6.41. The molecule has 0 unspecified atom stereocenters. The first-order valence-corrected chi connectivity index (χ1v) is 5.38. The molecule has 0 saturated heterocycles. The largest absolute Gasteiger partial charge is 0.417 e. The summed E-state index contributed by atoms with van der Waals surface area (Å²) < 4.78 is 5.44. The molecule has 0 bridgehead atoms. The Hall–Kier alpha value is 0.177. The van der Waals surface area contributed by atoms with Gasteiger partial charge in [-0.3, -0.25) is 0 Å². The van der Waals surface area contributed by atoms with Crippen molar-refractivity contribution >= 4 is 9.04 Å². The zero-order valence-electron chi connectivity index (χ0n) is 6.03. The van der Waals surface area contributed by atoms with Crippen LogP contribution in [0.2, 0.25) is 12.6 Å². The minimum atomic E-state index is -0.392. The van der Waals surface area contributed by atoms with Crippen LogP contribution in [0.4, 0.5) is 0 Å². The van der Waals surface area contributed by atoms with Gasteiger partial charge in [0.15, 0.2) is 0 Å². The fourth-order valence-electron chi connectivity index (χ4n) is 0.378. The van der Waals surface area contributed by atoms with Crippen molar-refractivity contribution in [2.75, 3.05) is 6.61 Å². The monoisotopic (exact) mass is 131 g/mol. The van der Waals surface area contributed by atoms with E-state index in [1.807, 2.05) is 0 Å². The highest BCUT2D eigenvalue weighted by atomic mass is 28.3. The molecule has 1 nitrogen and oxygen atoms in total. The lowest BCUT2D eigenvalue weighted by atomic mass is 10.5. The molecule has 0 aromatic heterocycles. The second-order valence-electron chi connectivity index (χ2n) is 1.90. The first-order chi connectivity index (χ1) is 3.81. The lowest BCUT2D eigenvalue weighted by molar-refractivity contribution is 0.322. The number of hydrogen-bond donors (Lipinski definition) is 0. The van der Waals surface area contributed by atoms with E-state index in [1.54, 1.807) is 0 Å². The van der Waals surface area contributed by atoms with E-state index in [4.69, 9.17) is 4.43 Å². The van der Waals surface area contributed by atoms with E-state index >= 15 is 0 Å². The van der Waals surface area contributed by atoms with Crippen LogP contribution in [0.15, 0.2) is 0 Å². The summed E-state index contributed by atoms with van der Waals surface area (Å²) in [5.41, 5.74) is 0. The highest BCUT2D eigenvalue weighted by Crippen LogP contribution is 1.92. The van der Waals surface area contributed by atoms with Crippen LogP contribution in [0.3, 0.4) is 0 Å². The molecule has 0 rings (SSSR count). The maximum Gasteiger partial charge on any atom is 0.207 e. The molecule has 0 aromatic carbocycles. The molecule has 0 aromatic rings. The summed E-state index contributed by atoms with van der Waals surface area (Å²) in [7, 11) is -0.392. The minimum Gasteiger partial charge on any atom is -0.417 e. The smallest absolute Gasteiger partial charge is 0.207 e. The summed E-state index contributed by atoms with van der Waals surface area (Å²) in [5.74, 6) is 0. The number of rotatable bonds is 4. The van der Waals surface area contributed by atoms with Crippen LogP contribution >= 0.6 is 0 Å². The van der Waals surface area contributed by atoms with Crippen molar-refractivity contribution in [1.82, 2.24) is 0 Å². The minimum absolute atomic E-state index is 0.392. The lowest BCUT2D eigenvalue weighted by Crippen LogP contribution is -2.11. The summed E-state index contributed by atoms with van der Waals surface area (Å²) in [6.07, 6.45) is 1.15. The standard InChI is InChI=1S/C6H15OSi/c1-4-6-7-8(3)5-2/h4-6H2,1-3H3. The van der Waals surface area contributed by atoms with Gasteiger partial charge in [0.2, 0.25) is 9.04 Å². The molecule has 0 fully saturated rings. The molecule has 2 heteroatoms. The molecule has 0 amide bonds. The van der Waals surface area contributed by atoms with Crippen molar-refractivity contribution in [3.8, 4) is 0 Å². The van der Waals surface area contributed by atoms with E-state index in [-0.39, 0.29) is 0 Å². The van der Waals surface area contributed by atoms with Gasteiger partial charge in [-0.2, -0.15) is 0 Å². The van der Waals surface area contributed by atoms with Gasteiger partial charge >= 0.3 is 0 Å². The van der Waals surface area contributed by atoms with E-state index in [1.165, 1.54) is 6.04 Å². The van der Waals surface area contributed by atoms with Crippen LogP contribution in [0.1, 0.15) is 20.3 Å². The van der Waals surface area contributed by atoms with Crippen molar-refractivity contribution in [1.29, 1.82) is 0 Å². The first kappa shape index (κ1) is 8.18. The number of hydrogen-bond acceptors (Lipinski definition) is 1. The van der Waals surface area contributed by atoms with Gasteiger partial charge < -0.3 is 4.43 Å². The Bertz CT molecular complexity index is 47.8. The van der Waals surface area contributed by atoms with Gasteiger partial charge in [-0.25, -0.2) is 0 Å². The molecule has 0 atom stereocenters. The zero-order valence-corrected chi connectivity index (χ0v) is 7.03. The lowest BCUT2D eigenvalue weighted by Gasteiger charge is -2.04. The van der Waals surface area contributed by atoms with Crippen LogP contribution in [0.5, 0.6) is 0 Å². The summed E-state index contributed by atoms with van der Waals surface area (Å²) in [5, 5.41) is 0. The van der Waals surface area contributed by atoms with Gasteiger partial charge in [0.1, 0.15) is 0 Å². The van der Waals surface area contributed by atoms with Gasteiger partial charge in [-0.1, -0.05) is 13.8 Å². The predicted octanol–water partition coefficient (Wildman–Crippen LogP) is 2.05. The Morgan fingerprint density at radius 3 is 2.38 bits per heavy atom. The second-order valence-corrected chi connectivity index (χ2v) is 4.30. The molecular formula is C6H15OSi. The summed E-state index contributed by atoms with van der Waals surface area (Å²) in [4.78, 5) is 0. The van der Waals surface area contributed by atoms with Crippen molar-refractivity contribution in [2.24, 2.45) is 0 Å². The van der Waals surface area contributed by atoms with Gasteiger partial charge in [0.25, 0.3) is 0 Å². The average molecular weight is 131 g/mol. The highest BCUT2D eigenvalue weighted by Gasteiger charge is 1.98. The van der Waals surface area contributed by atoms with E-state index in [0.717, 1.165) is 13.0 Å². The fraction of sp³-hybridized carbons (Fsp3) is 1.00. The van der Waals surface area contributed by atoms with Crippen molar-refractivity contribution in [3.05, 3.63) is 0 Å². The van der Waals surface area contributed by atoms with Gasteiger partial charge in [-0.15, -0.1) is 0 Å². The highest BCUT2D eigenvalue weighted by molar-refractivity contribution is 6.49. The third-order valence-electron chi connectivity index (χ3n) is 1.05. The third kappa shape index (κ3) is 4.34. The Balaban J connectivity index is 2.86. The molecule has 0 spiro atoms. The normalized spacial score (nSPS) is 10.5. The fourth-order valence-corrected chi connectivity index (χ4v) is 1.14. The molecular weight excluding hydrogens is 116 g/mol. The molecule has 0 saturated carbocycles. The molecule has 1 radical (unpaired) electrons. The van der Waals surface area contributed by atoms with Crippen LogP contribution in [0.25, 0.3) is 0 Å². The van der Waals surface area contributed by atoms with Gasteiger partial charge in [0.05, 0.1) is 0 Å². The SMILES string of the molecule is CCCO[Si](C)CC. The van der Waals surface area contributed by atoms with E-state index in [9.17, 15) is 0 Å². The topological polar surface area (TPSA) is 9.23 Å². The molecule has 49 valence electrons. The van der Waals surface area contributed by atoms with Crippen LogP contribution in [-0.2, 0) is 4.43 Å². The molecule has 0 N–H and O–H groups in total. The maximum absolute atomic E-state index is 5.44. The Morgan fingerprint density at radius 1 is 1.38 bits per heavy atom. The van der Waals surface area contributed by atoms with Crippen LogP contribution in [-0.4, -0.2) is 15.6 Å². The molecule has 0 aliphatic rings. The summed E-state index contributed by atoms with van der Waals surface area (Å²) in [6.45, 7) is 7.49. The van der Waals surface area contributed by atoms with Gasteiger partial charge in [0, 0.05) is 6.61 Å². The van der Waals surface area contributed by atoms with E-state index in [0.29, 0.717) is 0 Å². The van der Waals surface area contributed by atoms with Gasteiger partial charge in [-0.05, 0) is 19.0 Å². The van der Waals surface area contributed by atoms with E-state index < -0.39 is 9.04 Å². The van der Waals surface area contributed by atoms with Crippen molar-refractivity contribution in [2.45, 2.75) is 32.9 Å². The van der Waals surface area contributed by atoms with E-state index in [2.05, 4.69) is 20.4 Å². The van der Waals surface area contributed by atoms with Crippen molar-refractivity contribution in [3.63, 3.8) is 0 Å². The second kappa shape index (κ2) is 5.32. The Kier molecular flexibility index (Phi) is 5.43. The predicted molar refractivity (Wildman–Crippen MR) is 38.3 cm³/mol. The summed E-state index contributed by atoms with van der Waals surface area (Å²) in [6, 6.07) is 1.23. The summed E-state index contributed by atoms with van der Waals surface area (Å²) >= 11 is 0. The molecule has 0 aliphatic carbocycles. The molecule has 0 aliphatic heterocycles.